The number of hydrogen-bond donors (Lipinski definition) is 2. The number of nitrogens with zero attached hydrogens (tertiary/aromatic N) is 2. The van der Waals surface area contributed by atoms with Gasteiger partial charge in [-0.05, 0) is 52.4 Å². The van der Waals surface area contributed by atoms with Gasteiger partial charge in [-0.15, -0.1) is 0 Å². The number of aromatic amines is 1. The number of nitrogens with one attached hydrogen (secondary N) is 1. The Morgan fingerprint density at radius 2 is 2.04 bits per heavy atom. The van der Waals surface area contributed by atoms with Crippen LogP contribution in [-0.4, -0.2) is 46.3 Å². The molecule has 0 amide bonds. The maximum absolute atomic E-state index is 10.3. The summed E-state index contributed by atoms with van der Waals surface area (Å²) < 4.78 is 6.51. The SMILES string of the molecule is Oc1[nH]c2ccc(I)cc2c1-c1ccc(CN2CCOCC2)cn1. The second-order valence-corrected chi connectivity index (χ2v) is 7.22. The van der Waals surface area contributed by atoms with Gasteiger partial charge < -0.3 is 14.8 Å². The first-order valence-electron chi connectivity index (χ1n) is 7.96. The zero-order valence-corrected chi connectivity index (χ0v) is 15.3. The number of hydrogen-bond acceptors (Lipinski definition) is 4. The Hall–Kier alpha value is -1.64. The summed E-state index contributed by atoms with van der Waals surface area (Å²) >= 11 is 2.28. The largest absolute Gasteiger partial charge is 0.494 e. The van der Waals surface area contributed by atoms with Crippen LogP contribution in [0.25, 0.3) is 22.2 Å². The molecule has 0 spiro atoms. The van der Waals surface area contributed by atoms with Crippen LogP contribution >= 0.6 is 22.6 Å². The maximum atomic E-state index is 10.3. The van der Waals surface area contributed by atoms with E-state index >= 15 is 0 Å². The second kappa shape index (κ2) is 6.70. The highest BCUT2D eigenvalue weighted by Gasteiger charge is 2.15. The Morgan fingerprint density at radius 1 is 1.21 bits per heavy atom. The van der Waals surface area contributed by atoms with E-state index in [9.17, 15) is 5.11 Å². The summed E-state index contributed by atoms with van der Waals surface area (Å²) in [7, 11) is 0. The zero-order chi connectivity index (χ0) is 16.5. The average Bonchev–Trinajstić information content (AvgIpc) is 2.92. The van der Waals surface area contributed by atoms with E-state index in [-0.39, 0.29) is 5.88 Å². The van der Waals surface area contributed by atoms with Crippen LogP contribution in [0.2, 0.25) is 0 Å². The van der Waals surface area contributed by atoms with E-state index < -0.39 is 0 Å². The fourth-order valence-electron chi connectivity index (χ4n) is 3.09. The van der Waals surface area contributed by atoms with Crippen LogP contribution in [0.1, 0.15) is 5.56 Å². The number of benzene rings is 1. The monoisotopic (exact) mass is 435 g/mol. The van der Waals surface area contributed by atoms with Gasteiger partial charge in [0.05, 0.1) is 24.5 Å². The predicted molar refractivity (Wildman–Crippen MR) is 102 cm³/mol. The number of halogens is 1. The molecule has 3 heterocycles. The molecule has 1 fully saturated rings. The molecule has 124 valence electrons. The average molecular weight is 435 g/mol. The van der Waals surface area contributed by atoms with Gasteiger partial charge in [0.15, 0.2) is 5.88 Å². The van der Waals surface area contributed by atoms with Crippen molar-refractivity contribution in [2.24, 2.45) is 0 Å². The van der Waals surface area contributed by atoms with Crippen molar-refractivity contribution >= 4 is 33.5 Å². The van der Waals surface area contributed by atoms with Crippen molar-refractivity contribution in [3.8, 4) is 17.1 Å². The summed E-state index contributed by atoms with van der Waals surface area (Å²) in [5, 5.41) is 11.3. The minimum atomic E-state index is 0.167. The fourth-order valence-corrected chi connectivity index (χ4v) is 3.58. The van der Waals surface area contributed by atoms with E-state index in [4.69, 9.17) is 4.74 Å². The van der Waals surface area contributed by atoms with Crippen LogP contribution in [0.3, 0.4) is 0 Å². The third-order valence-corrected chi connectivity index (χ3v) is 5.00. The molecule has 0 radical (unpaired) electrons. The molecule has 24 heavy (non-hydrogen) atoms. The molecule has 5 nitrogen and oxygen atoms in total. The van der Waals surface area contributed by atoms with E-state index in [0.717, 1.165) is 58.6 Å². The Morgan fingerprint density at radius 3 is 2.79 bits per heavy atom. The summed E-state index contributed by atoms with van der Waals surface area (Å²) in [4.78, 5) is 9.98. The van der Waals surface area contributed by atoms with E-state index in [1.54, 1.807) is 0 Å². The van der Waals surface area contributed by atoms with Gasteiger partial charge in [0.2, 0.25) is 0 Å². The lowest BCUT2D eigenvalue weighted by atomic mass is 10.1. The highest BCUT2D eigenvalue weighted by Crippen LogP contribution is 2.36. The first-order chi connectivity index (χ1) is 11.7. The first-order valence-corrected chi connectivity index (χ1v) is 9.04. The van der Waals surface area contributed by atoms with Gasteiger partial charge >= 0.3 is 0 Å². The molecule has 6 heteroatoms. The molecule has 1 aliphatic heterocycles. The van der Waals surface area contributed by atoms with Gasteiger partial charge in [-0.2, -0.15) is 0 Å². The number of aromatic hydroxyl groups is 1. The van der Waals surface area contributed by atoms with Crippen LogP contribution in [0.5, 0.6) is 5.88 Å². The lowest BCUT2D eigenvalue weighted by molar-refractivity contribution is 0.0341. The molecule has 0 atom stereocenters. The van der Waals surface area contributed by atoms with Gasteiger partial charge in [-0.1, -0.05) is 6.07 Å². The lowest BCUT2D eigenvalue weighted by Crippen LogP contribution is -2.35. The number of pyridine rings is 1. The molecule has 1 saturated heterocycles. The fraction of sp³-hybridized carbons (Fsp3) is 0.278. The summed E-state index contributed by atoms with van der Waals surface area (Å²) in [6.45, 7) is 4.40. The Bertz CT molecular complexity index is 855. The van der Waals surface area contributed by atoms with Crippen molar-refractivity contribution < 1.29 is 9.84 Å². The highest BCUT2D eigenvalue weighted by atomic mass is 127. The summed E-state index contributed by atoms with van der Waals surface area (Å²) in [5.74, 6) is 0.167. The number of fused-ring (bicyclic) bond motifs is 1. The van der Waals surface area contributed by atoms with Crippen LogP contribution in [0.15, 0.2) is 36.5 Å². The Labute approximate surface area is 153 Å². The molecule has 1 aliphatic rings. The first kappa shape index (κ1) is 15.9. The Balaban J connectivity index is 1.63. The molecule has 0 unspecified atom stereocenters. The number of rotatable bonds is 3. The molecular formula is C18H18IN3O2. The summed E-state index contributed by atoms with van der Waals surface area (Å²) in [5.41, 5.74) is 3.64. The number of morpholine rings is 1. The molecule has 2 aromatic heterocycles. The van der Waals surface area contributed by atoms with Crippen molar-refractivity contribution in [3.63, 3.8) is 0 Å². The third kappa shape index (κ3) is 3.13. The molecule has 0 saturated carbocycles. The van der Waals surface area contributed by atoms with E-state index in [0.29, 0.717) is 0 Å². The lowest BCUT2D eigenvalue weighted by Gasteiger charge is -2.26. The standard InChI is InChI=1S/C18H18IN3O2/c19-13-2-4-15-14(9-13)17(18(23)21-15)16-3-1-12(10-20-16)11-22-5-7-24-8-6-22/h1-4,9-10,21,23H,5-8,11H2. The van der Waals surface area contributed by atoms with Crippen molar-refractivity contribution in [2.45, 2.75) is 6.54 Å². The Kier molecular flexibility index (Phi) is 4.43. The van der Waals surface area contributed by atoms with E-state index in [2.05, 4.69) is 49.6 Å². The van der Waals surface area contributed by atoms with Gasteiger partial charge in [0.1, 0.15) is 0 Å². The van der Waals surface area contributed by atoms with Gasteiger partial charge in [0.25, 0.3) is 0 Å². The molecule has 2 N–H and O–H groups in total. The normalized spacial score (nSPS) is 15.9. The quantitative estimate of drug-likeness (QED) is 0.620. The van der Waals surface area contributed by atoms with Gasteiger partial charge in [-0.3, -0.25) is 9.88 Å². The van der Waals surface area contributed by atoms with Crippen molar-refractivity contribution in [1.29, 1.82) is 0 Å². The minimum absolute atomic E-state index is 0.167. The molecule has 3 aromatic rings. The van der Waals surface area contributed by atoms with E-state index in [1.165, 1.54) is 5.56 Å². The molecular weight excluding hydrogens is 417 g/mol. The van der Waals surface area contributed by atoms with Crippen molar-refractivity contribution in [3.05, 3.63) is 45.7 Å². The third-order valence-electron chi connectivity index (χ3n) is 4.33. The molecule has 0 aliphatic carbocycles. The van der Waals surface area contributed by atoms with Crippen LogP contribution in [0, 0.1) is 3.57 Å². The van der Waals surface area contributed by atoms with Crippen LogP contribution < -0.4 is 0 Å². The second-order valence-electron chi connectivity index (χ2n) is 5.98. The smallest absolute Gasteiger partial charge is 0.199 e. The van der Waals surface area contributed by atoms with Crippen molar-refractivity contribution in [2.75, 3.05) is 26.3 Å². The number of ether oxygens (including phenoxy) is 1. The van der Waals surface area contributed by atoms with Crippen LogP contribution in [0.4, 0.5) is 0 Å². The minimum Gasteiger partial charge on any atom is -0.494 e. The van der Waals surface area contributed by atoms with Crippen molar-refractivity contribution in [1.82, 2.24) is 14.9 Å². The van der Waals surface area contributed by atoms with E-state index in [1.807, 2.05) is 24.4 Å². The highest BCUT2D eigenvalue weighted by molar-refractivity contribution is 14.1. The topological polar surface area (TPSA) is 61.4 Å². The summed E-state index contributed by atoms with van der Waals surface area (Å²) in [6.07, 6.45) is 1.90. The van der Waals surface area contributed by atoms with Gasteiger partial charge in [0, 0.05) is 40.3 Å². The predicted octanol–water partition coefficient (Wildman–Crippen LogP) is 3.37. The number of aromatic nitrogens is 2. The summed E-state index contributed by atoms with van der Waals surface area (Å²) in [6, 6.07) is 10.1. The number of H-pyrrole nitrogens is 1. The molecule has 4 rings (SSSR count). The molecule has 1 aromatic carbocycles. The molecule has 0 bridgehead atoms. The maximum Gasteiger partial charge on any atom is 0.199 e. The zero-order valence-electron chi connectivity index (χ0n) is 13.1. The van der Waals surface area contributed by atoms with Crippen LogP contribution in [-0.2, 0) is 11.3 Å². The van der Waals surface area contributed by atoms with Gasteiger partial charge in [-0.25, -0.2) is 0 Å².